The van der Waals surface area contributed by atoms with E-state index in [2.05, 4.69) is 20.8 Å². The molecule has 3 rings (SSSR count). The first-order chi connectivity index (χ1) is 9.16. The molecule has 2 nitrogen and oxygen atoms in total. The number of ether oxygens (including phenoxy) is 1. The molecule has 0 bridgehead atoms. The molecule has 1 saturated heterocycles. The van der Waals surface area contributed by atoms with Crippen molar-refractivity contribution in [1.82, 2.24) is 4.90 Å². The summed E-state index contributed by atoms with van der Waals surface area (Å²) in [5, 5.41) is 0. The normalized spacial score (nSPS) is 27.5. The van der Waals surface area contributed by atoms with Crippen LogP contribution in [0, 0.1) is 11.6 Å². The molecule has 5 heteroatoms. The fraction of sp³-hybridized carbons (Fsp3) is 0.571. The summed E-state index contributed by atoms with van der Waals surface area (Å²) in [6, 6.07) is 3.03. The third-order valence-corrected chi connectivity index (χ3v) is 4.71. The van der Waals surface area contributed by atoms with E-state index in [-0.39, 0.29) is 11.7 Å². The van der Waals surface area contributed by atoms with Crippen LogP contribution in [0.15, 0.2) is 16.6 Å². The molecule has 1 heterocycles. The number of benzene rings is 1. The predicted molar refractivity (Wildman–Crippen MR) is 71.8 cm³/mol. The largest absolute Gasteiger partial charge is 0.375 e. The molecule has 1 saturated carbocycles. The van der Waals surface area contributed by atoms with Gasteiger partial charge in [0.2, 0.25) is 0 Å². The molecule has 19 heavy (non-hydrogen) atoms. The Morgan fingerprint density at radius 2 is 2.16 bits per heavy atom. The molecule has 2 aliphatic rings. The minimum absolute atomic E-state index is 0.155. The Morgan fingerprint density at radius 3 is 3.00 bits per heavy atom. The third-order valence-electron chi connectivity index (χ3n) is 4.10. The first kappa shape index (κ1) is 13.5. The second-order valence-corrected chi connectivity index (χ2v) is 6.05. The van der Waals surface area contributed by atoms with Gasteiger partial charge in [0, 0.05) is 24.7 Å². The van der Waals surface area contributed by atoms with Crippen molar-refractivity contribution in [2.75, 3.05) is 13.2 Å². The van der Waals surface area contributed by atoms with Crippen LogP contribution in [0.25, 0.3) is 0 Å². The predicted octanol–water partition coefficient (Wildman–Crippen LogP) is 3.48. The van der Waals surface area contributed by atoms with Crippen molar-refractivity contribution in [3.63, 3.8) is 0 Å². The molecular formula is C14H16BrF2NO. The zero-order valence-electron chi connectivity index (χ0n) is 10.5. The molecule has 2 atom stereocenters. The van der Waals surface area contributed by atoms with Crippen molar-refractivity contribution < 1.29 is 13.5 Å². The van der Waals surface area contributed by atoms with Crippen LogP contribution in [0.4, 0.5) is 8.78 Å². The number of morpholine rings is 1. The number of hydrogen-bond donors (Lipinski definition) is 0. The second kappa shape index (κ2) is 5.46. The monoisotopic (exact) mass is 331 g/mol. The van der Waals surface area contributed by atoms with Gasteiger partial charge < -0.3 is 4.74 Å². The molecule has 0 N–H and O–H groups in total. The molecule has 0 amide bonds. The maximum atomic E-state index is 14.0. The molecule has 1 aliphatic carbocycles. The number of nitrogens with zero attached hydrogens (tertiary/aromatic N) is 1. The van der Waals surface area contributed by atoms with Crippen LogP contribution in [-0.4, -0.2) is 30.2 Å². The van der Waals surface area contributed by atoms with E-state index in [1.807, 2.05) is 0 Å². The van der Waals surface area contributed by atoms with Crippen molar-refractivity contribution in [3.05, 3.63) is 33.8 Å². The van der Waals surface area contributed by atoms with E-state index in [0.717, 1.165) is 25.8 Å². The highest BCUT2D eigenvalue weighted by Crippen LogP contribution is 2.32. The highest BCUT2D eigenvalue weighted by Gasteiger charge is 2.36. The summed E-state index contributed by atoms with van der Waals surface area (Å²) in [6.45, 7) is 1.71. The third kappa shape index (κ3) is 2.56. The lowest BCUT2D eigenvalue weighted by atomic mass is 10.1. The van der Waals surface area contributed by atoms with Gasteiger partial charge in [-0.1, -0.05) is 0 Å². The number of rotatable bonds is 2. The molecule has 2 unspecified atom stereocenters. The van der Waals surface area contributed by atoms with Crippen LogP contribution in [0.5, 0.6) is 0 Å². The molecule has 1 aromatic carbocycles. The SMILES string of the molecule is Fc1ccc(Br)c(F)c1CN1CCOC2CCCC21. The smallest absolute Gasteiger partial charge is 0.144 e. The van der Waals surface area contributed by atoms with Gasteiger partial charge in [0.1, 0.15) is 11.6 Å². The van der Waals surface area contributed by atoms with Crippen LogP contribution in [0.1, 0.15) is 24.8 Å². The van der Waals surface area contributed by atoms with Crippen LogP contribution >= 0.6 is 15.9 Å². The molecule has 2 fully saturated rings. The quantitative estimate of drug-likeness (QED) is 0.769. The molecule has 104 valence electrons. The van der Waals surface area contributed by atoms with E-state index in [1.54, 1.807) is 0 Å². The molecule has 0 radical (unpaired) electrons. The summed E-state index contributed by atoms with van der Waals surface area (Å²) in [5.41, 5.74) is 0.155. The fourth-order valence-electron chi connectivity index (χ4n) is 3.12. The first-order valence-electron chi connectivity index (χ1n) is 6.65. The lowest BCUT2D eigenvalue weighted by Gasteiger charge is -2.37. The lowest BCUT2D eigenvalue weighted by Crippen LogP contribution is -2.48. The minimum atomic E-state index is -0.485. The van der Waals surface area contributed by atoms with E-state index >= 15 is 0 Å². The van der Waals surface area contributed by atoms with Crippen molar-refractivity contribution in [3.8, 4) is 0 Å². The average molecular weight is 332 g/mol. The summed E-state index contributed by atoms with van der Waals surface area (Å²) in [5.74, 6) is -0.956. The molecular weight excluding hydrogens is 316 g/mol. The fourth-order valence-corrected chi connectivity index (χ4v) is 3.49. The van der Waals surface area contributed by atoms with Crippen LogP contribution < -0.4 is 0 Å². The average Bonchev–Trinajstić information content (AvgIpc) is 2.88. The van der Waals surface area contributed by atoms with E-state index < -0.39 is 11.6 Å². The summed E-state index contributed by atoms with van der Waals surface area (Å²) in [6.07, 6.45) is 3.49. The van der Waals surface area contributed by atoms with Crippen molar-refractivity contribution in [2.24, 2.45) is 0 Å². The highest BCUT2D eigenvalue weighted by molar-refractivity contribution is 9.10. The van der Waals surface area contributed by atoms with Gasteiger partial charge in [-0.15, -0.1) is 0 Å². The van der Waals surface area contributed by atoms with Crippen LogP contribution in [-0.2, 0) is 11.3 Å². The zero-order chi connectivity index (χ0) is 13.4. The van der Waals surface area contributed by atoms with Gasteiger partial charge in [0.15, 0.2) is 0 Å². The lowest BCUT2D eigenvalue weighted by molar-refractivity contribution is -0.0594. The Kier molecular flexibility index (Phi) is 3.87. The second-order valence-electron chi connectivity index (χ2n) is 5.20. The maximum absolute atomic E-state index is 14.0. The topological polar surface area (TPSA) is 12.5 Å². The van der Waals surface area contributed by atoms with Crippen molar-refractivity contribution in [1.29, 1.82) is 0 Å². The Morgan fingerprint density at radius 1 is 1.32 bits per heavy atom. The molecule has 1 aromatic rings. The van der Waals surface area contributed by atoms with Gasteiger partial charge in [-0.2, -0.15) is 0 Å². The van der Waals surface area contributed by atoms with Gasteiger partial charge >= 0.3 is 0 Å². The Labute approximate surface area is 119 Å². The summed E-state index contributed by atoms with van der Waals surface area (Å²) >= 11 is 3.12. The van der Waals surface area contributed by atoms with Crippen molar-refractivity contribution in [2.45, 2.75) is 38.0 Å². The standard InChI is InChI=1S/C14H16BrF2NO/c15-10-4-5-11(16)9(14(10)17)8-18-6-7-19-13-3-1-2-12(13)18/h4-5,12-13H,1-3,6-8H2. The van der Waals surface area contributed by atoms with Crippen LogP contribution in [0.3, 0.4) is 0 Å². The van der Waals surface area contributed by atoms with E-state index in [4.69, 9.17) is 4.74 Å². The van der Waals surface area contributed by atoms with E-state index in [9.17, 15) is 8.78 Å². The number of hydrogen-bond acceptors (Lipinski definition) is 2. The molecule has 0 aromatic heterocycles. The van der Waals surface area contributed by atoms with E-state index in [0.29, 0.717) is 23.7 Å². The van der Waals surface area contributed by atoms with Crippen LogP contribution in [0.2, 0.25) is 0 Å². The van der Waals surface area contributed by atoms with Gasteiger partial charge in [0.05, 0.1) is 17.2 Å². The minimum Gasteiger partial charge on any atom is -0.375 e. The van der Waals surface area contributed by atoms with E-state index in [1.165, 1.54) is 12.1 Å². The Balaban J connectivity index is 1.83. The number of halogens is 3. The maximum Gasteiger partial charge on any atom is 0.144 e. The first-order valence-corrected chi connectivity index (χ1v) is 7.44. The van der Waals surface area contributed by atoms with Gasteiger partial charge in [0.25, 0.3) is 0 Å². The summed E-state index contributed by atoms with van der Waals surface area (Å²) in [7, 11) is 0. The zero-order valence-corrected chi connectivity index (χ0v) is 12.1. The van der Waals surface area contributed by atoms with Gasteiger partial charge in [-0.05, 0) is 47.3 Å². The number of fused-ring (bicyclic) bond motifs is 1. The van der Waals surface area contributed by atoms with Gasteiger partial charge in [-0.3, -0.25) is 4.90 Å². The van der Waals surface area contributed by atoms with Gasteiger partial charge in [-0.25, -0.2) is 8.78 Å². The Hall–Kier alpha value is -0.520. The van der Waals surface area contributed by atoms with Crippen molar-refractivity contribution >= 4 is 15.9 Å². The molecule has 0 spiro atoms. The molecule has 1 aliphatic heterocycles. The Bertz CT molecular complexity index is 483. The summed E-state index contributed by atoms with van der Waals surface area (Å²) < 4.78 is 33.9. The summed E-state index contributed by atoms with van der Waals surface area (Å²) in [4.78, 5) is 2.16. The highest BCUT2D eigenvalue weighted by atomic mass is 79.9.